The highest BCUT2D eigenvalue weighted by Gasteiger charge is 2.21. The molecule has 7 heteroatoms. The van der Waals surface area contributed by atoms with E-state index < -0.39 is 0 Å². The van der Waals surface area contributed by atoms with Crippen LogP contribution in [0.25, 0.3) is 10.2 Å². The molecule has 0 atom stereocenters. The standard InChI is InChI=1S/C21H20N4OS2/c1-13-15-11-19(28-21(15)24(2)23-13)20(26)22-16-5-3-4-6-17(16)25-9-7-18-14(12-25)8-10-27-18/h3-6,8,10-11H,7,9,12H2,1-2H3,(H,22,26). The number of thiophene rings is 2. The van der Waals surface area contributed by atoms with Crippen LogP contribution in [0, 0.1) is 6.92 Å². The Hall–Kier alpha value is -2.64. The van der Waals surface area contributed by atoms with Gasteiger partial charge in [-0.15, -0.1) is 22.7 Å². The van der Waals surface area contributed by atoms with Crippen molar-refractivity contribution in [1.29, 1.82) is 0 Å². The van der Waals surface area contributed by atoms with Crippen LogP contribution >= 0.6 is 22.7 Å². The fraction of sp³-hybridized carbons (Fsp3) is 0.238. The molecule has 0 saturated carbocycles. The van der Waals surface area contributed by atoms with Gasteiger partial charge in [-0.3, -0.25) is 9.48 Å². The van der Waals surface area contributed by atoms with Gasteiger partial charge in [-0.1, -0.05) is 12.1 Å². The minimum atomic E-state index is -0.0683. The van der Waals surface area contributed by atoms with Gasteiger partial charge in [-0.2, -0.15) is 5.10 Å². The summed E-state index contributed by atoms with van der Waals surface area (Å²) in [5.74, 6) is -0.0683. The van der Waals surface area contributed by atoms with E-state index in [0.717, 1.165) is 46.8 Å². The number of hydrogen-bond acceptors (Lipinski definition) is 5. The summed E-state index contributed by atoms with van der Waals surface area (Å²) in [5, 5.41) is 10.8. The van der Waals surface area contributed by atoms with Gasteiger partial charge in [0, 0.05) is 30.4 Å². The Morgan fingerprint density at radius 2 is 2.11 bits per heavy atom. The van der Waals surface area contributed by atoms with Gasteiger partial charge in [0.1, 0.15) is 4.83 Å². The first kappa shape index (κ1) is 17.5. The van der Waals surface area contributed by atoms with Crippen molar-refractivity contribution >= 4 is 50.2 Å². The number of hydrogen-bond donors (Lipinski definition) is 1. The zero-order chi connectivity index (χ0) is 19.3. The fourth-order valence-electron chi connectivity index (χ4n) is 3.81. The molecule has 0 spiro atoms. The highest BCUT2D eigenvalue weighted by Crippen LogP contribution is 2.33. The first-order chi connectivity index (χ1) is 13.6. The second-order valence-corrected chi connectivity index (χ2v) is 9.08. The van der Waals surface area contributed by atoms with Crippen molar-refractivity contribution in [2.24, 2.45) is 7.05 Å². The number of amides is 1. The van der Waals surface area contributed by atoms with E-state index in [9.17, 15) is 4.79 Å². The van der Waals surface area contributed by atoms with Crippen molar-refractivity contribution in [3.8, 4) is 0 Å². The van der Waals surface area contributed by atoms with Crippen LogP contribution in [0.5, 0.6) is 0 Å². The predicted molar refractivity (Wildman–Crippen MR) is 117 cm³/mol. The van der Waals surface area contributed by atoms with Crippen LogP contribution in [0.15, 0.2) is 41.8 Å². The molecule has 0 aliphatic carbocycles. The average molecular weight is 409 g/mol. The molecule has 0 unspecified atom stereocenters. The lowest BCUT2D eigenvalue weighted by Crippen LogP contribution is -2.30. The minimum absolute atomic E-state index is 0.0683. The Balaban J connectivity index is 1.42. The van der Waals surface area contributed by atoms with E-state index in [4.69, 9.17) is 0 Å². The number of carbonyl (C=O) groups is 1. The first-order valence-electron chi connectivity index (χ1n) is 9.24. The van der Waals surface area contributed by atoms with Crippen LogP contribution in [-0.2, 0) is 20.0 Å². The van der Waals surface area contributed by atoms with Crippen LogP contribution in [-0.4, -0.2) is 22.2 Å². The van der Waals surface area contributed by atoms with E-state index >= 15 is 0 Å². The maximum Gasteiger partial charge on any atom is 0.265 e. The fourth-order valence-corrected chi connectivity index (χ4v) is 5.72. The van der Waals surface area contributed by atoms with Crippen LogP contribution in [0.1, 0.15) is 25.8 Å². The number of nitrogens with zero attached hydrogens (tertiary/aromatic N) is 3. The summed E-state index contributed by atoms with van der Waals surface area (Å²) in [5.41, 5.74) is 4.28. The zero-order valence-electron chi connectivity index (χ0n) is 15.7. The van der Waals surface area contributed by atoms with E-state index in [1.54, 1.807) is 0 Å². The van der Waals surface area contributed by atoms with Crippen LogP contribution in [0.4, 0.5) is 11.4 Å². The molecule has 0 radical (unpaired) electrons. The van der Waals surface area contributed by atoms with E-state index in [1.807, 2.05) is 54.3 Å². The number of nitrogens with one attached hydrogen (secondary N) is 1. The minimum Gasteiger partial charge on any atom is -0.365 e. The lowest BCUT2D eigenvalue weighted by Gasteiger charge is -2.30. The quantitative estimate of drug-likeness (QED) is 0.529. The number of carbonyl (C=O) groups excluding carboxylic acids is 1. The number of aryl methyl sites for hydroxylation is 2. The molecule has 4 aromatic rings. The third kappa shape index (κ3) is 2.91. The third-order valence-electron chi connectivity index (χ3n) is 5.22. The van der Waals surface area contributed by atoms with Crippen molar-refractivity contribution in [3.63, 3.8) is 0 Å². The Kier molecular flexibility index (Phi) is 4.21. The summed E-state index contributed by atoms with van der Waals surface area (Å²) in [6, 6.07) is 12.2. The number of para-hydroxylation sites is 2. The molecule has 28 heavy (non-hydrogen) atoms. The van der Waals surface area contributed by atoms with Crippen LogP contribution in [0.2, 0.25) is 0 Å². The molecule has 1 amide bonds. The van der Waals surface area contributed by atoms with E-state index in [-0.39, 0.29) is 5.91 Å². The van der Waals surface area contributed by atoms with Gasteiger partial charge < -0.3 is 10.2 Å². The smallest absolute Gasteiger partial charge is 0.265 e. The molecular weight excluding hydrogens is 388 g/mol. The molecule has 5 nitrogen and oxygen atoms in total. The van der Waals surface area contributed by atoms with Crippen molar-refractivity contribution in [3.05, 3.63) is 62.8 Å². The molecule has 5 rings (SSSR count). The van der Waals surface area contributed by atoms with Crippen LogP contribution < -0.4 is 10.2 Å². The molecule has 1 N–H and O–H groups in total. The maximum atomic E-state index is 12.9. The monoisotopic (exact) mass is 408 g/mol. The van der Waals surface area contributed by atoms with Gasteiger partial charge in [0.25, 0.3) is 5.91 Å². The van der Waals surface area contributed by atoms with Gasteiger partial charge in [-0.25, -0.2) is 0 Å². The second kappa shape index (κ2) is 6.76. The summed E-state index contributed by atoms with van der Waals surface area (Å²) in [7, 11) is 1.91. The topological polar surface area (TPSA) is 50.2 Å². The Labute approximate surface area is 171 Å². The van der Waals surface area contributed by atoms with E-state index in [1.165, 1.54) is 21.8 Å². The second-order valence-electron chi connectivity index (χ2n) is 7.05. The molecule has 1 aliphatic heterocycles. The molecular formula is C21H20N4OS2. The lowest BCUT2D eigenvalue weighted by molar-refractivity contribution is 0.103. The number of anilines is 2. The molecule has 3 aromatic heterocycles. The summed E-state index contributed by atoms with van der Waals surface area (Å²) in [6.45, 7) is 3.83. The van der Waals surface area contributed by atoms with Gasteiger partial charge in [0.05, 0.1) is 21.9 Å². The van der Waals surface area contributed by atoms with Gasteiger partial charge in [0.15, 0.2) is 0 Å². The highest BCUT2D eigenvalue weighted by molar-refractivity contribution is 7.20. The zero-order valence-corrected chi connectivity index (χ0v) is 17.4. The molecule has 0 fully saturated rings. The number of benzene rings is 1. The average Bonchev–Trinajstić information content (AvgIpc) is 3.39. The predicted octanol–water partition coefficient (Wildman–Crippen LogP) is 4.82. The van der Waals surface area contributed by atoms with E-state index in [0.29, 0.717) is 4.88 Å². The summed E-state index contributed by atoms with van der Waals surface area (Å²) in [4.78, 5) is 18.5. The van der Waals surface area contributed by atoms with Gasteiger partial charge >= 0.3 is 0 Å². The molecule has 1 aliphatic rings. The summed E-state index contributed by atoms with van der Waals surface area (Å²) >= 11 is 3.32. The highest BCUT2D eigenvalue weighted by atomic mass is 32.1. The van der Waals surface area contributed by atoms with Gasteiger partial charge in [0.2, 0.25) is 0 Å². The third-order valence-corrected chi connectivity index (χ3v) is 7.44. The Morgan fingerprint density at radius 1 is 1.25 bits per heavy atom. The molecule has 142 valence electrons. The Morgan fingerprint density at radius 3 is 2.96 bits per heavy atom. The largest absolute Gasteiger partial charge is 0.365 e. The molecule has 0 saturated heterocycles. The van der Waals surface area contributed by atoms with Crippen LogP contribution in [0.3, 0.4) is 0 Å². The first-order valence-corrected chi connectivity index (χ1v) is 10.9. The Bertz CT molecular complexity index is 1150. The van der Waals surface area contributed by atoms with Crippen molar-refractivity contribution in [2.75, 3.05) is 16.8 Å². The van der Waals surface area contributed by atoms with Crippen molar-refractivity contribution in [1.82, 2.24) is 9.78 Å². The van der Waals surface area contributed by atoms with E-state index in [2.05, 4.69) is 32.8 Å². The van der Waals surface area contributed by atoms with Gasteiger partial charge in [-0.05, 0) is 48.6 Å². The normalized spacial score (nSPS) is 13.7. The summed E-state index contributed by atoms with van der Waals surface area (Å²) < 4.78 is 1.84. The molecule has 1 aromatic carbocycles. The number of fused-ring (bicyclic) bond motifs is 2. The SMILES string of the molecule is Cc1nn(C)c2sc(C(=O)Nc3ccccc3N3CCc4sccc4C3)cc12. The lowest BCUT2D eigenvalue weighted by atomic mass is 10.1. The van der Waals surface area contributed by atoms with Crippen molar-refractivity contribution < 1.29 is 4.79 Å². The van der Waals surface area contributed by atoms with Crippen molar-refractivity contribution in [2.45, 2.75) is 19.9 Å². The molecule has 0 bridgehead atoms. The molecule has 4 heterocycles. The number of aromatic nitrogens is 2. The summed E-state index contributed by atoms with van der Waals surface area (Å²) in [6.07, 6.45) is 1.05. The maximum absolute atomic E-state index is 12.9. The number of rotatable bonds is 3.